The summed E-state index contributed by atoms with van der Waals surface area (Å²) in [5.41, 5.74) is 16.9. The summed E-state index contributed by atoms with van der Waals surface area (Å²) in [6, 6.07) is 21.0. The molecular weight excluding hydrogens is 755 g/mol. The summed E-state index contributed by atoms with van der Waals surface area (Å²) in [5, 5.41) is 18.6. The minimum Gasteiger partial charge on any atom is -0.397 e. The Labute approximate surface area is 312 Å². The molecule has 0 bridgehead atoms. The minimum atomic E-state index is -5.10. The van der Waals surface area contributed by atoms with Gasteiger partial charge in [-0.1, -0.05) is 18.2 Å². The van der Waals surface area contributed by atoms with Crippen LogP contribution in [0.5, 0.6) is 0 Å². The molecule has 18 nitrogen and oxygen atoms in total. The smallest absolute Gasteiger partial charge is 0.296 e. The number of nitrogen functional groups attached to an aromatic ring is 1. The molecule has 20 heteroatoms. The SMILES string of the molecule is NC1=CC(=O)C=C/C1=N\Nc1ccc(NC(=O)c2ccc(N=Nc3c(S(=O)(=O)O)cc4c(c3N)C(=O)/C(=N\Nc3ccccc3)C(S(=O)(=O)O)=C4)cc2)cc1. The normalized spacial score (nSPS) is 15.8. The van der Waals surface area contributed by atoms with Gasteiger partial charge in [0.05, 0.1) is 34.0 Å². The van der Waals surface area contributed by atoms with E-state index in [2.05, 4.69) is 36.6 Å². The molecule has 6 rings (SSSR count). The van der Waals surface area contributed by atoms with Gasteiger partial charge in [0.1, 0.15) is 21.2 Å². The number of carbonyl (C=O) groups is 3. The van der Waals surface area contributed by atoms with Crippen molar-refractivity contribution in [3.05, 3.63) is 130 Å². The number of rotatable bonds is 10. The van der Waals surface area contributed by atoms with Crippen molar-refractivity contribution in [3.8, 4) is 0 Å². The average Bonchev–Trinajstić information content (AvgIpc) is 3.14. The lowest BCUT2D eigenvalue weighted by Crippen LogP contribution is -2.28. The fraction of sp³-hybridized carbons (Fsp3) is 0. The maximum Gasteiger partial charge on any atom is 0.296 e. The Morgan fingerprint density at radius 1 is 0.709 bits per heavy atom. The molecule has 4 aromatic carbocycles. The summed E-state index contributed by atoms with van der Waals surface area (Å²) in [4.78, 5) is 36.1. The molecule has 278 valence electrons. The molecule has 0 radical (unpaired) electrons. The fourth-order valence-electron chi connectivity index (χ4n) is 5.11. The van der Waals surface area contributed by atoms with Crippen molar-refractivity contribution in [2.45, 2.75) is 4.90 Å². The van der Waals surface area contributed by atoms with Crippen LogP contribution in [0.4, 0.5) is 34.1 Å². The number of para-hydroxylation sites is 1. The van der Waals surface area contributed by atoms with Gasteiger partial charge in [0.2, 0.25) is 5.78 Å². The number of hydrogen-bond donors (Lipinski definition) is 7. The summed E-state index contributed by atoms with van der Waals surface area (Å²) < 4.78 is 69.2. The van der Waals surface area contributed by atoms with Crippen LogP contribution in [0.25, 0.3) is 6.08 Å². The first-order valence-electron chi connectivity index (χ1n) is 15.6. The maximum absolute atomic E-state index is 13.6. The molecule has 0 saturated heterocycles. The summed E-state index contributed by atoms with van der Waals surface area (Å²) in [6.07, 6.45) is 4.85. The highest BCUT2D eigenvalue weighted by Gasteiger charge is 2.37. The molecule has 0 saturated carbocycles. The lowest BCUT2D eigenvalue weighted by Gasteiger charge is -2.20. The number of anilines is 4. The van der Waals surface area contributed by atoms with Crippen molar-refractivity contribution in [2.75, 3.05) is 21.9 Å². The molecule has 4 aromatic rings. The summed E-state index contributed by atoms with van der Waals surface area (Å²) in [7, 11) is -10.2. The number of hydrogen-bond acceptors (Lipinski definition) is 15. The second-order valence-corrected chi connectivity index (χ2v) is 14.3. The molecule has 0 atom stereocenters. The Kier molecular flexibility index (Phi) is 10.3. The van der Waals surface area contributed by atoms with Crippen LogP contribution in [-0.4, -0.2) is 54.8 Å². The van der Waals surface area contributed by atoms with Gasteiger partial charge in [-0.15, -0.1) is 5.11 Å². The van der Waals surface area contributed by atoms with E-state index in [-0.39, 0.29) is 28.3 Å². The maximum atomic E-state index is 13.6. The van der Waals surface area contributed by atoms with Crippen LogP contribution in [0.3, 0.4) is 0 Å². The van der Waals surface area contributed by atoms with Crippen LogP contribution in [0.1, 0.15) is 26.3 Å². The lowest BCUT2D eigenvalue weighted by atomic mass is 9.92. The number of benzene rings is 4. The monoisotopic (exact) mass is 781 g/mol. The minimum absolute atomic E-state index is 0.105. The Balaban J connectivity index is 1.22. The summed E-state index contributed by atoms with van der Waals surface area (Å²) >= 11 is 0. The van der Waals surface area contributed by atoms with E-state index in [4.69, 9.17) is 11.5 Å². The average molecular weight is 782 g/mol. The molecule has 1 amide bonds. The van der Waals surface area contributed by atoms with Gasteiger partial charge in [-0.05, 0) is 90.5 Å². The van der Waals surface area contributed by atoms with Crippen molar-refractivity contribution in [1.29, 1.82) is 0 Å². The highest BCUT2D eigenvalue weighted by Crippen LogP contribution is 2.41. The van der Waals surface area contributed by atoms with E-state index in [1.807, 2.05) is 0 Å². The molecule has 55 heavy (non-hydrogen) atoms. The number of hydrazone groups is 2. The molecule has 0 aromatic heterocycles. The van der Waals surface area contributed by atoms with Gasteiger partial charge >= 0.3 is 0 Å². The highest BCUT2D eigenvalue weighted by molar-refractivity contribution is 7.91. The number of allylic oxidation sites excluding steroid dienone is 4. The molecule has 2 aliphatic carbocycles. The number of fused-ring (bicyclic) bond motifs is 1. The van der Waals surface area contributed by atoms with Crippen LogP contribution in [0.2, 0.25) is 0 Å². The second-order valence-electron chi connectivity index (χ2n) is 11.5. The third-order valence-electron chi connectivity index (χ3n) is 7.76. The molecule has 0 heterocycles. The van der Waals surface area contributed by atoms with Crippen molar-refractivity contribution in [2.24, 2.45) is 26.2 Å². The number of azo groups is 1. The van der Waals surface area contributed by atoms with Crippen molar-refractivity contribution < 1.29 is 40.3 Å². The summed E-state index contributed by atoms with van der Waals surface area (Å²) in [5.74, 6) is -1.84. The van der Waals surface area contributed by atoms with Gasteiger partial charge in [0.25, 0.3) is 26.1 Å². The number of ketones is 2. The van der Waals surface area contributed by atoms with Gasteiger partial charge < -0.3 is 16.8 Å². The molecular formula is C35H27N9O9S2. The van der Waals surface area contributed by atoms with Crippen LogP contribution < -0.4 is 27.6 Å². The van der Waals surface area contributed by atoms with E-state index >= 15 is 0 Å². The Hall–Kier alpha value is -7.13. The Morgan fingerprint density at radius 3 is 1.98 bits per heavy atom. The van der Waals surface area contributed by atoms with E-state index in [1.54, 1.807) is 54.6 Å². The van der Waals surface area contributed by atoms with Crippen LogP contribution in [-0.2, 0) is 25.0 Å². The zero-order valence-electron chi connectivity index (χ0n) is 27.9. The van der Waals surface area contributed by atoms with E-state index < -0.39 is 64.4 Å². The van der Waals surface area contributed by atoms with E-state index in [0.717, 1.165) is 12.1 Å². The van der Waals surface area contributed by atoms with E-state index in [9.17, 15) is 40.3 Å². The van der Waals surface area contributed by atoms with Gasteiger partial charge in [-0.3, -0.25) is 34.3 Å². The molecule has 0 spiro atoms. The predicted octanol–water partition coefficient (Wildman–Crippen LogP) is 4.83. The topological polar surface area (TPSA) is 298 Å². The van der Waals surface area contributed by atoms with Crippen LogP contribution in [0, 0.1) is 0 Å². The first-order valence-corrected chi connectivity index (χ1v) is 18.5. The van der Waals surface area contributed by atoms with Crippen molar-refractivity contribution in [1.82, 2.24) is 0 Å². The Morgan fingerprint density at radius 2 is 1.35 bits per heavy atom. The standard InChI is InChI=1S/C35H27N9O9S2/c36-26-18-25(45)14-15-27(26)42-39-24-12-10-21(11-13-24)38-35(47)19-6-8-23(9-7-19)41-43-32-28(54(48,49)50)16-20-17-29(55(51,52)53)33(34(46)30(20)31(32)37)44-40-22-4-2-1-3-5-22/h1-18,39-40H,36-37H2,(H,38,47)(H,48,49,50)(H,51,52,53)/b42-27+,43-41?,44-33-. The van der Waals surface area contributed by atoms with Crippen molar-refractivity contribution >= 4 is 89.3 Å². The van der Waals surface area contributed by atoms with Gasteiger partial charge in [-0.25, -0.2) is 0 Å². The first kappa shape index (κ1) is 37.6. The number of nitrogens with two attached hydrogens (primary N) is 2. The second kappa shape index (κ2) is 15.1. The number of nitrogens with one attached hydrogen (secondary N) is 3. The zero-order chi connectivity index (χ0) is 39.5. The lowest BCUT2D eigenvalue weighted by molar-refractivity contribution is -0.110. The third-order valence-corrected chi connectivity index (χ3v) is 9.50. The molecule has 0 fully saturated rings. The first-order chi connectivity index (χ1) is 26.1. The van der Waals surface area contributed by atoms with Gasteiger partial charge in [0, 0.05) is 17.3 Å². The fourth-order valence-corrected chi connectivity index (χ4v) is 6.44. The largest absolute Gasteiger partial charge is 0.397 e. The molecule has 9 N–H and O–H groups in total. The predicted molar refractivity (Wildman–Crippen MR) is 205 cm³/mol. The number of amides is 1. The number of Topliss-reactive ketones (excluding diaryl/α,β-unsaturated/α-hetero) is 1. The molecule has 0 aliphatic heterocycles. The highest BCUT2D eigenvalue weighted by atomic mass is 32.2. The third kappa shape index (κ3) is 8.58. The van der Waals surface area contributed by atoms with Gasteiger partial charge in [0.15, 0.2) is 11.5 Å². The zero-order valence-corrected chi connectivity index (χ0v) is 29.5. The van der Waals surface area contributed by atoms with Crippen molar-refractivity contribution in [3.63, 3.8) is 0 Å². The number of nitrogens with zero attached hydrogens (tertiary/aromatic N) is 4. The molecule has 2 aliphatic rings. The van der Waals surface area contributed by atoms with Gasteiger partial charge in [-0.2, -0.15) is 32.2 Å². The Bertz CT molecular complexity index is 2670. The van der Waals surface area contributed by atoms with E-state index in [0.29, 0.717) is 22.8 Å². The number of carbonyl (C=O) groups excluding carboxylic acids is 3. The molecule has 0 unspecified atom stereocenters. The van der Waals surface area contributed by atoms with Crippen LogP contribution in [0.15, 0.2) is 139 Å². The van der Waals surface area contributed by atoms with Crippen LogP contribution >= 0.6 is 0 Å². The van der Waals surface area contributed by atoms with E-state index in [1.165, 1.54) is 42.5 Å². The summed E-state index contributed by atoms with van der Waals surface area (Å²) in [6.45, 7) is 0. The quantitative estimate of drug-likeness (QED) is 0.0374.